The maximum Gasteiger partial charge on any atom is 0.407 e. The Morgan fingerprint density at radius 3 is 2.41 bits per heavy atom. The second kappa shape index (κ2) is 13.0. The minimum Gasteiger partial charge on any atom is -0.444 e. The van der Waals surface area contributed by atoms with E-state index in [1.54, 1.807) is 14.1 Å². The van der Waals surface area contributed by atoms with Crippen LogP contribution in [0.3, 0.4) is 0 Å². The molecule has 1 rings (SSSR count). The first-order chi connectivity index (χ1) is 12.2. The van der Waals surface area contributed by atoms with E-state index < -0.39 is 11.7 Å². The van der Waals surface area contributed by atoms with Crippen LogP contribution in [0.2, 0.25) is 0 Å². The molecule has 9 nitrogen and oxygen atoms in total. The fraction of sp³-hybridized carbons (Fsp3) is 0.824. The second-order valence-electron chi connectivity index (χ2n) is 7.32. The largest absolute Gasteiger partial charge is 0.444 e. The van der Waals surface area contributed by atoms with Crippen molar-refractivity contribution in [2.45, 2.75) is 45.3 Å². The van der Waals surface area contributed by atoms with E-state index in [1.165, 1.54) is 4.90 Å². The first kappa shape index (κ1) is 25.7. The lowest BCUT2D eigenvalue weighted by Crippen LogP contribution is -2.45. The summed E-state index contributed by atoms with van der Waals surface area (Å²) in [5, 5.41) is 8.95. The number of nitrogens with one attached hydrogen (secondary N) is 3. The summed E-state index contributed by atoms with van der Waals surface area (Å²) in [4.78, 5) is 29.1. The van der Waals surface area contributed by atoms with Crippen LogP contribution in [-0.4, -0.2) is 81.4 Å². The molecular formula is C17H34IN5O4. The Morgan fingerprint density at radius 2 is 1.85 bits per heavy atom. The van der Waals surface area contributed by atoms with Crippen molar-refractivity contribution in [2.24, 2.45) is 4.99 Å². The molecule has 1 saturated heterocycles. The Morgan fingerprint density at radius 1 is 1.19 bits per heavy atom. The zero-order valence-corrected chi connectivity index (χ0v) is 19.3. The number of aliphatic imine (C=N–C) groups is 1. The van der Waals surface area contributed by atoms with Gasteiger partial charge in [-0.3, -0.25) is 4.79 Å². The SMILES string of the molecule is CN(C)C(=O)CN=C(NCCNC(=O)OC(C)(C)C)NCC1CCCO1.I. The summed E-state index contributed by atoms with van der Waals surface area (Å²) in [7, 11) is 3.38. The summed E-state index contributed by atoms with van der Waals surface area (Å²) in [6.45, 7) is 7.72. The molecule has 27 heavy (non-hydrogen) atoms. The number of amides is 2. The Balaban J connectivity index is 0.00000676. The molecule has 1 heterocycles. The van der Waals surface area contributed by atoms with E-state index in [-0.39, 0.29) is 42.5 Å². The number of likely N-dealkylation sites (N-methyl/N-ethyl adjacent to an activating group) is 1. The number of carbonyl (C=O) groups is 2. The predicted molar refractivity (Wildman–Crippen MR) is 116 cm³/mol. The summed E-state index contributed by atoms with van der Waals surface area (Å²) in [5.74, 6) is 0.428. The van der Waals surface area contributed by atoms with Gasteiger partial charge in [0.15, 0.2) is 5.96 Å². The fourth-order valence-electron chi connectivity index (χ4n) is 2.14. The van der Waals surface area contributed by atoms with E-state index >= 15 is 0 Å². The van der Waals surface area contributed by atoms with E-state index in [1.807, 2.05) is 20.8 Å². The molecule has 0 aromatic heterocycles. The molecule has 158 valence electrons. The Hall–Kier alpha value is -1.30. The number of carbonyl (C=O) groups excluding carboxylic acids is 2. The lowest BCUT2D eigenvalue weighted by Gasteiger charge is -2.20. The molecule has 0 aromatic carbocycles. The molecule has 1 unspecified atom stereocenters. The lowest BCUT2D eigenvalue weighted by atomic mass is 10.2. The summed E-state index contributed by atoms with van der Waals surface area (Å²) < 4.78 is 10.8. The van der Waals surface area contributed by atoms with E-state index in [2.05, 4.69) is 20.9 Å². The number of rotatable bonds is 7. The maximum atomic E-state index is 11.7. The Kier molecular flexibility index (Phi) is 12.4. The van der Waals surface area contributed by atoms with Crippen LogP contribution in [0.1, 0.15) is 33.6 Å². The molecule has 0 saturated carbocycles. The van der Waals surface area contributed by atoms with Gasteiger partial charge in [0.1, 0.15) is 12.1 Å². The summed E-state index contributed by atoms with van der Waals surface area (Å²) in [5.41, 5.74) is -0.528. The van der Waals surface area contributed by atoms with Crippen LogP contribution in [0.25, 0.3) is 0 Å². The van der Waals surface area contributed by atoms with Crippen LogP contribution in [0.4, 0.5) is 4.79 Å². The molecule has 0 radical (unpaired) electrons. The monoisotopic (exact) mass is 499 g/mol. The maximum absolute atomic E-state index is 11.7. The molecule has 0 aromatic rings. The molecule has 1 atom stereocenters. The third-order valence-corrected chi connectivity index (χ3v) is 3.48. The molecule has 2 amide bonds. The van der Waals surface area contributed by atoms with Gasteiger partial charge in [-0.15, -0.1) is 24.0 Å². The molecule has 10 heteroatoms. The van der Waals surface area contributed by atoms with Crippen molar-refractivity contribution in [3.63, 3.8) is 0 Å². The minimum absolute atomic E-state index is 0. The van der Waals surface area contributed by atoms with Gasteiger partial charge in [0, 0.05) is 40.3 Å². The second-order valence-corrected chi connectivity index (χ2v) is 7.32. The van der Waals surface area contributed by atoms with E-state index in [9.17, 15) is 9.59 Å². The normalized spacial score (nSPS) is 16.9. The van der Waals surface area contributed by atoms with Gasteiger partial charge >= 0.3 is 6.09 Å². The van der Waals surface area contributed by atoms with Crippen LogP contribution < -0.4 is 16.0 Å². The van der Waals surface area contributed by atoms with Crippen molar-refractivity contribution in [3.8, 4) is 0 Å². The predicted octanol–water partition coefficient (Wildman–Crippen LogP) is 0.932. The molecule has 0 spiro atoms. The summed E-state index contributed by atoms with van der Waals surface area (Å²) in [6, 6.07) is 0. The molecule has 1 fully saturated rings. The van der Waals surface area contributed by atoms with Crippen LogP contribution in [-0.2, 0) is 14.3 Å². The van der Waals surface area contributed by atoms with Gasteiger partial charge in [0.25, 0.3) is 0 Å². The Bertz CT molecular complexity index is 488. The van der Waals surface area contributed by atoms with Gasteiger partial charge < -0.3 is 30.3 Å². The zero-order valence-electron chi connectivity index (χ0n) is 17.0. The lowest BCUT2D eigenvalue weighted by molar-refractivity contribution is -0.127. The highest BCUT2D eigenvalue weighted by Gasteiger charge is 2.17. The van der Waals surface area contributed by atoms with Gasteiger partial charge in [-0.05, 0) is 33.6 Å². The average Bonchev–Trinajstić information content (AvgIpc) is 3.04. The van der Waals surface area contributed by atoms with Crippen LogP contribution in [0.5, 0.6) is 0 Å². The highest BCUT2D eigenvalue weighted by molar-refractivity contribution is 14.0. The van der Waals surface area contributed by atoms with Crippen molar-refractivity contribution in [1.29, 1.82) is 0 Å². The third-order valence-electron chi connectivity index (χ3n) is 3.48. The van der Waals surface area contributed by atoms with Crippen molar-refractivity contribution in [2.75, 3.05) is 46.9 Å². The fourth-order valence-corrected chi connectivity index (χ4v) is 2.14. The smallest absolute Gasteiger partial charge is 0.407 e. The van der Waals surface area contributed by atoms with E-state index in [0.29, 0.717) is 25.6 Å². The average molecular weight is 499 g/mol. The van der Waals surface area contributed by atoms with Crippen molar-refractivity contribution in [1.82, 2.24) is 20.9 Å². The number of ether oxygens (including phenoxy) is 2. The molecule has 1 aliphatic heterocycles. The van der Waals surface area contributed by atoms with E-state index in [0.717, 1.165) is 19.4 Å². The highest BCUT2D eigenvalue weighted by Crippen LogP contribution is 2.10. The summed E-state index contributed by atoms with van der Waals surface area (Å²) >= 11 is 0. The topological polar surface area (TPSA) is 104 Å². The van der Waals surface area contributed by atoms with Gasteiger partial charge in [-0.2, -0.15) is 0 Å². The quantitative estimate of drug-likeness (QED) is 0.209. The minimum atomic E-state index is -0.528. The van der Waals surface area contributed by atoms with Crippen LogP contribution in [0, 0.1) is 0 Å². The van der Waals surface area contributed by atoms with Crippen molar-refractivity contribution in [3.05, 3.63) is 0 Å². The van der Waals surface area contributed by atoms with Gasteiger partial charge in [-0.25, -0.2) is 9.79 Å². The van der Waals surface area contributed by atoms with Gasteiger partial charge in [0.2, 0.25) is 5.91 Å². The number of halogens is 1. The van der Waals surface area contributed by atoms with Crippen LogP contribution >= 0.6 is 24.0 Å². The molecule has 0 bridgehead atoms. The van der Waals surface area contributed by atoms with Crippen molar-refractivity contribution < 1.29 is 19.1 Å². The number of nitrogens with zero attached hydrogens (tertiary/aromatic N) is 2. The zero-order chi connectivity index (χ0) is 19.6. The first-order valence-corrected chi connectivity index (χ1v) is 8.98. The molecule has 1 aliphatic rings. The number of hydrogen-bond acceptors (Lipinski definition) is 5. The number of guanidine groups is 1. The first-order valence-electron chi connectivity index (χ1n) is 8.98. The number of alkyl carbamates (subject to hydrolysis) is 1. The van der Waals surface area contributed by atoms with Crippen LogP contribution in [0.15, 0.2) is 4.99 Å². The van der Waals surface area contributed by atoms with Gasteiger partial charge in [-0.1, -0.05) is 0 Å². The standard InChI is InChI=1S/C17H33N5O4.HI/c1-17(2,3)26-16(24)19-9-8-18-15(21-12-14(23)22(4)5)20-11-13-7-6-10-25-13;/h13H,6-12H2,1-5H3,(H,19,24)(H2,18,20,21);1H. The molecular weight excluding hydrogens is 465 g/mol. The molecule has 0 aliphatic carbocycles. The highest BCUT2D eigenvalue weighted by atomic mass is 127. The summed E-state index contributed by atoms with van der Waals surface area (Å²) in [6.07, 6.45) is 1.77. The third kappa shape index (κ3) is 12.7. The number of hydrogen-bond donors (Lipinski definition) is 3. The van der Waals surface area contributed by atoms with Crippen molar-refractivity contribution >= 4 is 41.9 Å². The Labute approximate surface area is 179 Å². The van der Waals surface area contributed by atoms with E-state index in [4.69, 9.17) is 9.47 Å². The van der Waals surface area contributed by atoms with Gasteiger partial charge in [0.05, 0.1) is 6.10 Å². The molecule has 3 N–H and O–H groups in total.